The Balaban J connectivity index is 1.46. The molecule has 2 saturated heterocycles. The van der Waals surface area contributed by atoms with Crippen molar-refractivity contribution in [3.05, 3.63) is 94.6 Å². The number of aryl methyl sites for hydroxylation is 1. The van der Waals surface area contributed by atoms with Gasteiger partial charge in [0.15, 0.2) is 11.5 Å². The molecule has 0 aromatic heterocycles. The molecule has 2 aliphatic heterocycles. The highest BCUT2D eigenvalue weighted by Gasteiger charge is 2.46. The number of nitrogens with zero attached hydrogens (tertiary/aromatic N) is 2. The van der Waals surface area contributed by atoms with Crippen LogP contribution in [-0.4, -0.2) is 80.2 Å². The van der Waals surface area contributed by atoms with Crippen LogP contribution in [0.25, 0.3) is 5.76 Å². The molecule has 3 aromatic rings. The van der Waals surface area contributed by atoms with Crippen molar-refractivity contribution in [3.8, 4) is 17.2 Å². The summed E-state index contributed by atoms with van der Waals surface area (Å²) in [6.45, 7) is 6.45. The molecule has 0 unspecified atom stereocenters. The minimum atomic E-state index is -0.793. The van der Waals surface area contributed by atoms with Crippen molar-refractivity contribution in [3.63, 3.8) is 0 Å². The van der Waals surface area contributed by atoms with Gasteiger partial charge >= 0.3 is 0 Å². The third kappa shape index (κ3) is 6.68. The van der Waals surface area contributed by atoms with Gasteiger partial charge < -0.3 is 29.0 Å². The van der Waals surface area contributed by atoms with Gasteiger partial charge in [0.25, 0.3) is 11.7 Å². The number of likely N-dealkylation sites (tertiary alicyclic amines) is 1. The number of carbonyl (C=O) groups is 2. The number of hydrogen-bond acceptors (Lipinski definition) is 8. The van der Waals surface area contributed by atoms with E-state index in [1.165, 1.54) is 7.11 Å². The zero-order chi connectivity index (χ0) is 30.3. The average Bonchev–Trinajstić information content (AvgIpc) is 3.29. The lowest BCUT2D eigenvalue weighted by molar-refractivity contribution is -0.140. The molecular weight excluding hydrogens is 548 g/mol. The third-order valence-electron chi connectivity index (χ3n) is 7.93. The maximum absolute atomic E-state index is 13.6. The van der Waals surface area contributed by atoms with Crippen LogP contribution in [0.5, 0.6) is 17.2 Å². The van der Waals surface area contributed by atoms with Gasteiger partial charge in [-0.25, -0.2) is 0 Å². The summed E-state index contributed by atoms with van der Waals surface area (Å²) in [4.78, 5) is 30.9. The predicted molar refractivity (Wildman–Crippen MR) is 162 cm³/mol. The summed E-state index contributed by atoms with van der Waals surface area (Å²) in [5, 5.41) is 11.6. The van der Waals surface area contributed by atoms with Gasteiger partial charge in [0.05, 0.1) is 39.0 Å². The number of carbonyl (C=O) groups excluding carboxylic acids is 2. The quantitative estimate of drug-likeness (QED) is 0.196. The van der Waals surface area contributed by atoms with Crippen LogP contribution in [0.15, 0.2) is 72.3 Å². The molecule has 9 nitrogen and oxygen atoms in total. The highest BCUT2D eigenvalue weighted by atomic mass is 16.5. The summed E-state index contributed by atoms with van der Waals surface area (Å²) in [6.07, 6.45) is 0.670. The Bertz CT molecular complexity index is 1480. The highest BCUT2D eigenvalue weighted by molar-refractivity contribution is 6.46. The minimum absolute atomic E-state index is 0.0425. The summed E-state index contributed by atoms with van der Waals surface area (Å²) < 4.78 is 22.4. The molecule has 1 atom stereocenters. The molecule has 0 aliphatic carbocycles. The number of morpholine rings is 1. The van der Waals surface area contributed by atoms with Crippen LogP contribution in [-0.2, 0) is 20.9 Å². The van der Waals surface area contributed by atoms with Gasteiger partial charge in [-0.3, -0.25) is 14.5 Å². The monoisotopic (exact) mass is 586 g/mol. The number of ether oxygens (including phenoxy) is 4. The first-order valence-electron chi connectivity index (χ1n) is 14.5. The molecule has 226 valence electrons. The number of rotatable bonds is 11. The van der Waals surface area contributed by atoms with E-state index in [0.717, 1.165) is 30.8 Å². The first-order chi connectivity index (χ1) is 20.9. The largest absolute Gasteiger partial charge is 0.507 e. The van der Waals surface area contributed by atoms with Gasteiger partial charge in [-0.05, 0) is 60.4 Å². The lowest BCUT2D eigenvalue weighted by atomic mass is 9.94. The van der Waals surface area contributed by atoms with Crippen LogP contribution in [0, 0.1) is 6.92 Å². The summed E-state index contributed by atoms with van der Waals surface area (Å²) in [5.74, 6) is 0.0763. The molecule has 2 fully saturated rings. The minimum Gasteiger partial charge on any atom is -0.507 e. The topological polar surface area (TPSA) is 97.8 Å². The van der Waals surface area contributed by atoms with Gasteiger partial charge in [0, 0.05) is 31.7 Å². The van der Waals surface area contributed by atoms with E-state index in [-0.39, 0.29) is 11.3 Å². The number of ketones is 1. The average molecular weight is 587 g/mol. The van der Waals surface area contributed by atoms with Crippen molar-refractivity contribution in [1.29, 1.82) is 0 Å². The van der Waals surface area contributed by atoms with E-state index in [0.29, 0.717) is 61.2 Å². The van der Waals surface area contributed by atoms with Crippen LogP contribution in [0.2, 0.25) is 0 Å². The van der Waals surface area contributed by atoms with E-state index in [9.17, 15) is 14.7 Å². The summed E-state index contributed by atoms with van der Waals surface area (Å²) in [5.41, 5.74) is 2.95. The Kier molecular flexibility index (Phi) is 9.64. The number of aliphatic hydroxyl groups is 1. The van der Waals surface area contributed by atoms with E-state index >= 15 is 0 Å². The molecule has 43 heavy (non-hydrogen) atoms. The van der Waals surface area contributed by atoms with Crippen molar-refractivity contribution in [1.82, 2.24) is 9.80 Å². The molecule has 3 aromatic carbocycles. The zero-order valence-electron chi connectivity index (χ0n) is 24.9. The van der Waals surface area contributed by atoms with Crippen molar-refractivity contribution < 1.29 is 33.6 Å². The van der Waals surface area contributed by atoms with Gasteiger partial charge in [-0.15, -0.1) is 0 Å². The van der Waals surface area contributed by atoms with Crippen LogP contribution >= 0.6 is 0 Å². The van der Waals surface area contributed by atoms with Crippen LogP contribution in [0.1, 0.15) is 34.7 Å². The molecule has 2 aliphatic rings. The van der Waals surface area contributed by atoms with Crippen LogP contribution < -0.4 is 14.2 Å². The Labute approximate surface area is 252 Å². The molecule has 5 rings (SSSR count). The second kappa shape index (κ2) is 13.8. The fourth-order valence-electron chi connectivity index (χ4n) is 5.62. The van der Waals surface area contributed by atoms with Crippen molar-refractivity contribution >= 4 is 17.4 Å². The Morgan fingerprint density at radius 2 is 1.63 bits per heavy atom. The van der Waals surface area contributed by atoms with Gasteiger partial charge in [-0.2, -0.15) is 0 Å². The second-order valence-electron chi connectivity index (χ2n) is 10.7. The summed E-state index contributed by atoms with van der Waals surface area (Å²) >= 11 is 0. The normalized spacial score (nSPS) is 18.6. The lowest BCUT2D eigenvalue weighted by Gasteiger charge is -2.29. The second-order valence-corrected chi connectivity index (χ2v) is 10.7. The fraction of sp³-hybridized carbons (Fsp3) is 0.353. The van der Waals surface area contributed by atoms with Crippen molar-refractivity contribution in [2.45, 2.75) is 26.0 Å². The van der Waals surface area contributed by atoms with Crippen molar-refractivity contribution in [2.75, 3.05) is 53.6 Å². The molecule has 1 amide bonds. The van der Waals surface area contributed by atoms with Crippen LogP contribution in [0.3, 0.4) is 0 Å². The number of Topliss-reactive ketones (excluding diaryl/α,β-unsaturated/α-hetero) is 1. The van der Waals surface area contributed by atoms with Gasteiger partial charge in [0.2, 0.25) is 0 Å². The Morgan fingerprint density at radius 1 is 0.907 bits per heavy atom. The first-order valence-corrected chi connectivity index (χ1v) is 14.5. The number of aliphatic hydroxyl groups excluding tert-OH is 1. The summed E-state index contributed by atoms with van der Waals surface area (Å²) in [6, 6.07) is 19.6. The number of amides is 1. The van der Waals surface area contributed by atoms with Gasteiger partial charge in [-0.1, -0.05) is 36.4 Å². The SMILES string of the molecule is COc1ccc([C@H]2/C(=C(\O)c3ccc(OCc4ccccc4)c(C)c3)C(=O)C(=O)N2CCCN2CCOCC2)cc1OC. The molecule has 0 bridgehead atoms. The van der Waals surface area contributed by atoms with E-state index in [2.05, 4.69) is 4.90 Å². The molecule has 2 heterocycles. The van der Waals surface area contributed by atoms with Gasteiger partial charge in [0.1, 0.15) is 18.1 Å². The predicted octanol–water partition coefficient (Wildman–Crippen LogP) is 4.74. The Morgan fingerprint density at radius 3 is 2.33 bits per heavy atom. The lowest BCUT2D eigenvalue weighted by Crippen LogP contribution is -2.38. The van der Waals surface area contributed by atoms with E-state index < -0.39 is 17.7 Å². The molecule has 1 N–H and O–H groups in total. The Hall–Kier alpha value is -4.34. The van der Waals surface area contributed by atoms with E-state index in [4.69, 9.17) is 18.9 Å². The third-order valence-corrected chi connectivity index (χ3v) is 7.93. The smallest absolute Gasteiger partial charge is 0.295 e. The van der Waals surface area contributed by atoms with Crippen molar-refractivity contribution in [2.24, 2.45) is 0 Å². The number of hydrogen-bond donors (Lipinski definition) is 1. The van der Waals surface area contributed by atoms with E-state index in [1.807, 2.05) is 37.3 Å². The number of benzene rings is 3. The van der Waals surface area contributed by atoms with Crippen LogP contribution in [0.4, 0.5) is 0 Å². The molecule has 0 saturated carbocycles. The maximum atomic E-state index is 13.6. The maximum Gasteiger partial charge on any atom is 0.295 e. The molecule has 0 radical (unpaired) electrons. The zero-order valence-corrected chi connectivity index (χ0v) is 24.9. The fourth-order valence-corrected chi connectivity index (χ4v) is 5.62. The molecule has 9 heteroatoms. The highest BCUT2D eigenvalue weighted by Crippen LogP contribution is 2.42. The molecule has 0 spiro atoms. The first kappa shape index (κ1) is 30.1. The number of methoxy groups -OCH3 is 2. The van der Waals surface area contributed by atoms with E-state index in [1.54, 1.807) is 48.4 Å². The standard InChI is InChI=1S/C34H38N2O7/c1-23-20-26(11-12-27(23)43-22-24-8-5-4-6-9-24)32(37)30-31(25-10-13-28(40-2)29(21-25)41-3)36(34(39)33(30)38)15-7-14-35-16-18-42-19-17-35/h4-6,8-13,20-21,31,37H,7,14-19,22H2,1-3H3/b32-30+/t31-/m0/s1. The molecular formula is C34H38N2O7. The summed E-state index contributed by atoms with van der Waals surface area (Å²) in [7, 11) is 3.08.